The number of rotatable bonds is 4. The van der Waals surface area contributed by atoms with E-state index in [1.165, 1.54) is 12.1 Å². The molecule has 1 aromatic heterocycles. The van der Waals surface area contributed by atoms with E-state index in [1.807, 2.05) is 6.92 Å². The summed E-state index contributed by atoms with van der Waals surface area (Å²) >= 11 is 11.8. The molecule has 1 aromatic carbocycles. The largest absolute Gasteiger partial charge is 0.478 e. The molecule has 0 saturated heterocycles. The molecule has 0 aliphatic heterocycles. The number of benzene rings is 1. The molecule has 0 spiro atoms. The van der Waals surface area contributed by atoms with Gasteiger partial charge in [0.05, 0.1) is 15.7 Å². The standard InChI is InChI=1S/C14H12Cl2N2O3/c1-2-18-7-3-4-10(18)13(19)17-12-9(16)6-5-8(15)11(12)14(20)21/h3-7H,2H2,1H3,(H,17,19)(H,20,21). The summed E-state index contributed by atoms with van der Waals surface area (Å²) in [5.41, 5.74) is 0.169. The molecule has 0 radical (unpaired) electrons. The van der Waals surface area contributed by atoms with Crippen LogP contribution < -0.4 is 5.32 Å². The lowest BCUT2D eigenvalue weighted by molar-refractivity contribution is 0.0698. The number of halogens is 2. The fourth-order valence-electron chi connectivity index (χ4n) is 1.96. The second-order valence-electron chi connectivity index (χ2n) is 4.22. The first kappa shape index (κ1) is 15.4. The van der Waals surface area contributed by atoms with Crippen LogP contribution in [0, 0.1) is 0 Å². The van der Waals surface area contributed by atoms with Crippen LogP contribution in [0.25, 0.3) is 0 Å². The zero-order valence-corrected chi connectivity index (χ0v) is 12.6. The summed E-state index contributed by atoms with van der Waals surface area (Å²) in [6.45, 7) is 2.51. The third-order valence-electron chi connectivity index (χ3n) is 2.96. The summed E-state index contributed by atoms with van der Waals surface area (Å²) < 4.78 is 1.73. The van der Waals surface area contributed by atoms with Gasteiger partial charge in [0.15, 0.2) is 0 Å². The molecule has 2 N–H and O–H groups in total. The Balaban J connectivity index is 2.42. The Hall–Kier alpha value is -1.98. The predicted octanol–water partition coefficient (Wildman–Crippen LogP) is 3.77. The Morgan fingerprint density at radius 3 is 2.52 bits per heavy atom. The number of hydrogen-bond donors (Lipinski definition) is 2. The first-order valence-corrected chi connectivity index (χ1v) is 6.89. The van der Waals surface area contributed by atoms with E-state index >= 15 is 0 Å². The highest BCUT2D eigenvalue weighted by Crippen LogP contribution is 2.32. The van der Waals surface area contributed by atoms with Gasteiger partial charge in [-0.3, -0.25) is 4.79 Å². The van der Waals surface area contributed by atoms with E-state index in [1.54, 1.807) is 22.9 Å². The SMILES string of the molecule is CCn1cccc1C(=O)Nc1c(Cl)ccc(Cl)c1C(=O)O. The molecule has 2 aromatic rings. The van der Waals surface area contributed by atoms with Crippen molar-refractivity contribution in [3.05, 3.63) is 51.8 Å². The van der Waals surface area contributed by atoms with E-state index in [0.717, 1.165) is 0 Å². The fourth-order valence-corrected chi connectivity index (χ4v) is 2.40. The molecule has 110 valence electrons. The number of carboxylic acids is 1. The van der Waals surface area contributed by atoms with Gasteiger partial charge in [0, 0.05) is 12.7 Å². The van der Waals surface area contributed by atoms with Crippen molar-refractivity contribution in [1.29, 1.82) is 0 Å². The van der Waals surface area contributed by atoms with Crippen LogP contribution in [-0.4, -0.2) is 21.6 Å². The zero-order valence-electron chi connectivity index (χ0n) is 11.1. The average molecular weight is 327 g/mol. The average Bonchev–Trinajstić information content (AvgIpc) is 2.90. The van der Waals surface area contributed by atoms with Gasteiger partial charge in [-0.2, -0.15) is 0 Å². The van der Waals surface area contributed by atoms with Crippen molar-refractivity contribution in [2.45, 2.75) is 13.5 Å². The number of aromatic carboxylic acids is 1. The molecular formula is C14H12Cl2N2O3. The smallest absolute Gasteiger partial charge is 0.339 e. The number of carbonyl (C=O) groups is 2. The summed E-state index contributed by atoms with van der Waals surface area (Å²) in [5, 5.41) is 11.9. The van der Waals surface area contributed by atoms with Crippen LogP contribution in [0.4, 0.5) is 5.69 Å². The highest BCUT2D eigenvalue weighted by Gasteiger charge is 2.21. The maximum absolute atomic E-state index is 12.3. The maximum atomic E-state index is 12.3. The van der Waals surface area contributed by atoms with E-state index < -0.39 is 11.9 Å². The minimum Gasteiger partial charge on any atom is -0.478 e. The van der Waals surface area contributed by atoms with Crippen LogP contribution >= 0.6 is 23.2 Å². The summed E-state index contributed by atoms with van der Waals surface area (Å²) in [5.74, 6) is -1.71. The molecule has 1 heterocycles. The third-order valence-corrected chi connectivity index (χ3v) is 3.59. The second kappa shape index (κ2) is 6.20. The van der Waals surface area contributed by atoms with Crippen molar-refractivity contribution in [1.82, 2.24) is 4.57 Å². The summed E-state index contributed by atoms with van der Waals surface area (Å²) in [7, 11) is 0. The van der Waals surface area contributed by atoms with Gasteiger partial charge in [-0.25, -0.2) is 4.79 Å². The Bertz CT molecular complexity index is 710. The lowest BCUT2D eigenvalue weighted by atomic mass is 10.1. The number of carboxylic acid groups (broad SMARTS) is 1. The Morgan fingerprint density at radius 2 is 1.90 bits per heavy atom. The van der Waals surface area contributed by atoms with E-state index in [4.69, 9.17) is 23.2 Å². The van der Waals surface area contributed by atoms with Gasteiger partial charge in [-0.1, -0.05) is 23.2 Å². The Labute approximate surface area is 131 Å². The molecule has 7 heteroatoms. The molecule has 0 aliphatic carbocycles. The number of anilines is 1. The monoisotopic (exact) mass is 326 g/mol. The molecule has 2 rings (SSSR count). The summed E-state index contributed by atoms with van der Waals surface area (Å²) in [4.78, 5) is 23.6. The molecule has 0 bridgehead atoms. The highest BCUT2D eigenvalue weighted by atomic mass is 35.5. The lowest BCUT2D eigenvalue weighted by Crippen LogP contribution is -2.18. The van der Waals surface area contributed by atoms with Crippen LogP contribution in [0.3, 0.4) is 0 Å². The first-order valence-electron chi connectivity index (χ1n) is 6.13. The molecule has 21 heavy (non-hydrogen) atoms. The van der Waals surface area contributed by atoms with Crippen molar-refractivity contribution in [2.24, 2.45) is 0 Å². The fraction of sp³-hybridized carbons (Fsp3) is 0.143. The zero-order chi connectivity index (χ0) is 15.6. The number of hydrogen-bond acceptors (Lipinski definition) is 2. The molecule has 0 fully saturated rings. The number of aromatic nitrogens is 1. The number of amides is 1. The van der Waals surface area contributed by atoms with E-state index in [0.29, 0.717) is 12.2 Å². The Morgan fingerprint density at radius 1 is 1.24 bits per heavy atom. The molecule has 0 atom stereocenters. The van der Waals surface area contributed by atoms with Crippen LogP contribution in [0.15, 0.2) is 30.5 Å². The topological polar surface area (TPSA) is 71.3 Å². The van der Waals surface area contributed by atoms with Gasteiger partial charge < -0.3 is 15.0 Å². The quantitative estimate of drug-likeness (QED) is 0.898. The first-order chi connectivity index (χ1) is 9.95. The van der Waals surface area contributed by atoms with Crippen molar-refractivity contribution in [2.75, 3.05) is 5.32 Å². The highest BCUT2D eigenvalue weighted by molar-refractivity contribution is 6.38. The van der Waals surface area contributed by atoms with Gasteiger partial charge in [-0.05, 0) is 31.2 Å². The van der Waals surface area contributed by atoms with Crippen molar-refractivity contribution >= 4 is 40.8 Å². The van der Waals surface area contributed by atoms with Crippen LogP contribution in [0.1, 0.15) is 27.8 Å². The molecular weight excluding hydrogens is 315 g/mol. The van der Waals surface area contributed by atoms with Crippen molar-refractivity contribution in [3.8, 4) is 0 Å². The van der Waals surface area contributed by atoms with Gasteiger partial charge in [-0.15, -0.1) is 0 Å². The summed E-state index contributed by atoms with van der Waals surface area (Å²) in [6, 6.07) is 6.18. The van der Waals surface area contributed by atoms with Crippen LogP contribution in [0.5, 0.6) is 0 Å². The third kappa shape index (κ3) is 3.04. The van der Waals surface area contributed by atoms with Gasteiger partial charge >= 0.3 is 5.97 Å². The molecule has 5 nitrogen and oxygen atoms in total. The Kier molecular flexibility index (Phi) is 4.55. The van der Waals surface area contributed by atoms with Gasteiger partial charge in [0.25, 0.3) is 5.91 Å². The summed E-state index contributed by atoms with van der Waals surface area (Å²) in [6.07, 6.45) is 1.76. The van der Waals surface area contributed by atoms with Gasteiger partial charge in [0.1, 0.15) is 11.3 Å². The number of carbonyl (C=O) groups excluding carboxylic acids is 1. The minimum absolute atomic E-state index is 0.00748. The van der Waals surface area contributed by atoms with E-state index in [2.05, 4.69) is 5.32 Å². The molecule has 1 amide bonds. The second-order valence-corrected chi connectivity index (χ2v) is 5.03. The van der Waals surface area contributed by atoms with E-state index in [9.17, 15) is 14.7 Å². The maximum Gasteiger partial charge on any atom is 0.339 e. The van der Waals surface area contributed by atoms with Crippen molar-refractivity contribution < 1.29 is 14.7 Å². The predicted molar refractivity (Wildman–Crippen MR) is 81.5 cm³/mol. The molecule has 0 aliphatic rings. The van der Waals surface area contributed by atoms with Crippen LogP contribution in [-0.2, 0) is 6.54 Å². The van der Waals surface area contributed by atoms with E-state index in [-0.39, 0.29) is 21.3 Å². The normalized spacial score (nSPS) is 10.4. The minimum atomic E-state index is -1.26. The van der Waals surface area contributed by atoms with Crippen molar-refractivity contribution in [3.63, 3.8) is 0 Å². The number of nitrogens with one attached hydrogen (secondary N) is 1. The van der Waals surface area contributed by atoms with Gasteiger partial charge in [0.2, 0.25) is 0 Å². The lowest BCUT2D eigenvalue weighted by Gasteiger charge is -2.12. The number of aryl methyl sites for hydroxylation is 1. The number of nitrogens with zero attached hydrogens (tertiary/aromatic N) is 1. The molecule has 0 saturated carbocycles. The van der Waals surface area contributed by atoms with Crippen LogP contribution in [0.2, 0.25) is 10.0 Å². The molecule has 0 unspecified atom stereocenters.